The standard InChI is InChI=1S/C21H25ClN4O3/c1-14(22)13-29-21-17(11-23-6-5-15-10-24-26(2)12-15)7-16-8-19(27-3)20(28-4)9-18(16)25-21/h7-10,12,23H,1,5-6,11,13H2,2-4H3. The van der Waals surface area contributed by atoms with E-state index in [9.17, 15) is 0 Å². The van der Waals surface area contributed by atoms with Crippen molar-refractivity contribution in [3.8, 4) is 17.4 Å². The maximum atomic E-state index is 5.87. The second-order valence-corrected chi connectivity index (χ2v) is 7.14. The summed E-state index contributed by atoms with van der Waals surface area (Å²) in [6.07, 6.45) is 4.77. The van der Waals surface area contributed by atoms with E-state index in [1.807, 2.05) is 37.6 Å². The molecule has 1 N–H and O–H groups in total. The number of pyridine rings is 1. The number of hydrogen-bond donors (Lipinski definition) is 1. The molecule has 1 aromatic carbocycles. The Morgan fingerprint density at radius 1 is 1.21 bits per heavy atom. The number of hydrogen-bond acceptors (Lipinski definition) is 6. The molecular formula is C21H25ClN4O3. The van der Waals surface area contributed by atoms with Gasteiger partial charge in [-0.05, 0) is 30.7 Å². The number of methoxy groups -OCH3 is 2. The van der Waals surface area contributed by atoms with E-state index in [0.717, 1.165) is 29.4 Å². The molecule has 0 saturated carbocycles. The van der Waals surface area contributed by atoms with Crippen LogP contribution in [0.25, 0.3) is 10.9 Å². The van der Waals surface area contributed by atoms with Gasteiger partial charge in [0.05, 0.1) is 25.9 Å². The van der Waals surface area contributed by atoms with Crippen molar-refractivity contribution < 1.29 is 14.2 Å². The second-order valence-electron chi connectivity index (χ2n) is 6.61. The number of rotatable bonds is 10. The number of nitrogens with one attached hydrogen (secondary N) is 1. The zero-order chi connectivity index (χ0) is 20.8. The number of ether oxygens (including phenoxy) is 3. The van der Waals surface area contributed by atoms with E-state index in [1.54, 1.807) is 18.9 Å². The van der Waals surface area contributed by atoms with Gasteiger partial charge < -0.3 is 19.5 Å². The van der Waals surface area contributed by atoms with Crippen LogP contribution in [-0.4, -0.2) is 42.1 Å². The molecule has 0 radical (unpaired) electrons. The summed E-state index contributed by atoms with van der Waals surface area (Å²) >= 11 is 5.87. The van der Waals surface area contributed by atoms with Gasteiger partial charge in [-0.1, -0.05) is 18.2 Å². The molecule has 0 aliphatic heterocycles. The zero-order valence-corrected chi connectivity index (χ0v) is 17.6. The number of aryl methyl sites for hydroxylation is 1. The minimum atomic E-state index is 0.191. The van der Waals surface area contributed by atoms with Gasteiger partial charge in [0.1, 0.15) is 6.61 Å². The first-order valence-corrected chi connectivity index (χ1v) is 9.58. The highest BCUT2D eigenvalue weighted by atomic mass is 35.5. The maximum Gasteiger partial charge on any atom is 0.218 e. The van der Waals surface area contributed by atoms with Crippen LogP contribution in [0.2, 0.25) is 0 Å². The fourth-order valence-corrected chi connectivity index (χ4v) is 3.04. The summed E-state index contributed by atoms with van der Waals surface area (Å²) in [6, 6.07) is 5.77. The van der Waals surface area contributed by atoms with Gasteiger partial charge in [0.15, 0.2) is 11.5 Å². The predicted octanol–water partition coefficient (Wildman–Crippen LogP) is 3.45. The summed E-state index contributed by atoms with van der Waals surface area (Å²) in [5.74, 6) is 1.78. The van der Waals surface area contributed by atoms with E-state index < -0.39 is 0 Å². The fourth-order valence-electron chi connectivity index (χ4n) is 2.98. The Morgan fingerprint density at radius 3 is 2.62 bits per heavy atom. The van der Waals surface area contributed by atoms with Crippen LogP contribution in [0.4, 0.5) is 0 Å². The van der Waals surface area contributed by atoms with Gasteiger partial charge in [-0.15, -0.1) is 0 Å². The highest BCUT2D eigenvalue weighted by Gasteiger charge is 2.13. The van der Waals surface area contributed by atoms with Gasteiger partial charge >= 0.3 is 0 Å². The number of aromatic nitrogens is 3. The zero-order valence-electron chi connectivity index (χ0n) is 16.9. The first-order valence-electron chi connectivity index (χ1n) is 9.20. The average molecular weight is 417 g/mol. The van der Waals surface area contributed by atoms with Gasteiger partial charge in [-0.3, -0.25) is 4.68 Å². The van der Waals surface area contributed by atoms with Crippen molar-refractivity contribution in [2.45, 2.75) is 13.0 Å². The molecule has 0 unspecified atom stereocenters. The van der Waals surface area contributed by atoms with Gasteiger partial charge in [0.2, 0.25) is 5.88 Å². The van der Waals surface area contributed by atoms with Gasteiger partial charge in [0, 0.05) is 41.8 Å². The van der Waals surface area contributed by atoms with Crippen LogP contribution in [0.15, 0.2) is 42.2 Å². The third-order valence-corrected chi connectivity index (χ3v) is 4.50. The van der Waals surface area contributed by atoms with Crippen molar-refractivity contribution in [2.75, 3.05) is 27.4 Å². The Morgan fingerprint density at radius 2 is 1.97 bits per heavy atom. The lowest BCUT2D eigenvalue weighted by Crippen LogP contribution is -2.17. The van der Waals surface area contributed by atoms with E-state index in [-0.39, 0.29) is 6.61 Å². The largest absolute Gasteiger partial charge is 0.493 e. The van der Waals surface area contributed by atoms with Crippen LogP contribution in [0.1, 0.15) is 11.1 Å². The molecule has 154 valence electrons. The van der Waals surface area contributed by atoms with Crippen molar-refractivity contribution in [1.82, 2.24) is 20.1 Å². The maximum absolute atomic E-state index is 5.87. The minimum absolute atomic E-state index is 0.191. The summed E-state index contributed by atoms with van der Waals surface area (Å²) < 4.78 is 18.4. The van der Waals surface area contributed by atoms with Crippen LogP contribution < -0.4 is 19.5 Å². The topological polar surface area (TPSA) is 70.4 Å². The highest BCUT2D eigenvalue weighted by Crippen LogP contribution is 2.33. The molecule has 3 rings (SSSR count). The Kier molecular flexibility index (Phi) is 6.95. The van der Waals surface area contributed by atoms with E-state index >= 15 is 0 Å². The lowest BCUT2D eigenvalue weighted by atomic mass is 10.1. The quantitative estimate of drug-likeness (QED) is 0.510. The first kappa shape index (κ1) is 21.0. The third-order valence-electron chi connectivity index (χ3n) is 4.39. The Balaban J connectivity index is 1.81. The number of halogens is 1. The molecule has 2 heterocycles. The monoisotopic (exact) mass is 416 g/mol. The molecule has 0 fully saturated rings. The van der Waals surface area contributed by atoms with Crippen molar-refractivity contribution in [2.24, 2.45) is 7.05 Å². The number of benzene rings is 1. The molecule has 29 heavy (non-hydrogen) atoms. The van der Waals surface area contributed by atoms with Crippen LogP contribution in [0.5, 0.6) is 17.4 Å². The van der Waals surface area contributed by atoms with Crippen LogP contribution in [0, 0.1) is 0 Å². The number of nitrogens with zero attached hydrogens (tertiary/aromatic N) is 3. The molecule has 0 amide bonds. The summed E-state index contributed by atoms with van der Waals surface area (Å²) in [6.45, 7) is 5.27. The molecule has 2 aromatic heterocycles. The molecule has 0 bridgehead atoms. The third kappa shape index (κ3) is 5.40. The minimum Gasteiger partial charge on any atom is -0.493 e. The van der Waals surface area contributed by atoms with E-state index in [2.05, 4.69) is 22.0 Å². The Bertz CT molecular complexity index is 1000. The lowest BCUT2D eigenvalue weighted by Gasteiger charge is -2.14. The SMILES string of the molecule is C=C(Cl)COc1nc2cc(OC)c(OC)cc2cc1CNCCc1cnn(C)c1. The summed E-state index contributed by atoms with van der Waals surface area (Å²) in [7, 11) is 5.12. The lowest BCUT2D eigenvalue weighted by molar-refractivity contribution is 0.341. The smallest absolute Gasteiger partial charge is 0.218 e. The first-order chi connectivity index (χ1) is 14.0. The fraction of sp³-hybridized carbons (Fsp3) is 0.333. The van der Waals surface area contributed by atoms with E-state index in [1.165, 1.54) is 5.56 Å². The van der Waals surface area contributed by atoms with E-state index in [4.69, 9.17) is 25.8 Å². The molecular weight excluding hydrogens is 392 g/mol. The molecule has 3 aromatic rings. The van der Waals surface area contributed by atoms with Crippen LogP contribution in [0.3, 0.4) is 0 Å². The van der Waals surface area contributed by atoms with Crippen LogP contribution in [-0.2, 0) is 20.0 Å². The van der Waals surface area contributed by atoms with Crippen molar-refractivity contribution in [3.63, 3.8) is 0 Å². The molecule has 0 aliphatic carbocycles. The average Bonchev–Trinajstić information content (AvgIpc) is 3.13. The summed E-state index contributed by atoms with van der Waals surface area (Å²) in [5, 5.41) is 8.97. The normalized spacial score (nSPS) is 10.9. The molecule has 0 spiro atoms. The van der Waals surface area contributed by atoms with Crippen molar-refractivity contribution in [3.05, 3.63) is 53.3 Å². The van der Waals surface area contributed by atoms with E-state index in [0.29, 0.717) is 29.0 Å². The van der Waals surface area contributed by atoms with Gasteiger partial charge in [-0.25, -0.2) is 4.98 Å². The van der Waals surface area contributed by atoms with Crippen LogP contribution >= 0.6 is 11.6 Å². The predicted molar refractivity (Wildman–Crippen MR) is 114 cm³/mol. The summed E-state index contributed by atoms with van der Waals surface area (Å²) in [5.41, 5.74) is 2.86. The Hall–Kier alpha value is -2.77. The second kappa shape index (κ2) is 9.62. The molecule has 0 atom stereocenters. The molecule has 7 nitrogen and oxygen atoms in total. The molecule has 8 heteroatoms. The summed E-state index contributed by atoms with van der Waals surface area (Å²) in [4.78, 5) is 4.66. The van der Waals surface area contributed by atoms with Gasteiger partial charge in [-0.2, -0.15) is 5.10 Å². The Labute approximate surface area is 175 Å². The van der Waals surface area contributed by atoms with Gasteiger partial charge in [0.25, 0.3) is 0 Å². The highest BCUT2D eigenvalue weighted by molar-refractivity contribution is 6.29. The number of fused-ring (bicyclic) bond motifs is 1. The van der Waals surface area contributed by atoms with Crippen molar-refractivity contribution in [1.29, 1.82) is 0 Å². The molecule has 0 saturated heterocycles. The molecule has 0 aliphatic rings. The van der Waals surface area contributed by atoms with Crippen molar-refractivity contribution >= 4 is 22.5 Å².